The summed E-state index contributed by atoms with van der Waals surface area (Å²) in [5.41, 5.74) is 7.02. The molecule has 2 aromatic rings. The number of nitrogens with zero attached hydrogens (tertiary/aromatic N) is 2. The van der Waals surface area contributed by atoms with Gasteiger partial charge in [-0.25, -0.2) is 5.43 Å². The van der Waals surface area contributed by atoms with Gasteiger partial charge >= 0.3 is 0 Å². The van der Waals surface area contributed by atoms with Gasteiger partial charge in [0.15, 0.2) is 5.17 Å². The zero-order chi connectivity index (χ0) is 18.0. The van der Waals surface area contributed by atoms with Gasteiger partial charge in [-0.05, 0) is 50.1 Å². The first-order chi connectivity index (χ1) is 12.0. The highest BCUT2D eigenvalue weighted by atomic mass is 32.2. The molecule has 0 aromatic heterocycles. The molecule has 0 unspecified atom stereocenters. The van der Waals surface area contributed by atoms with E-state index in [0.29, 0.717) is 16.5 Å². The van der Waals surface area contributed by atoms with E-state index in [1.54, 1.807) is 17.0 Å². The zero-order valence-corrected chi connectivity index (χ0v) is 15.2. The second-order valence-electron chi connectivity index (χ2n) is 6.01. The summed E-state index contributed by atoms with van der Waals surface area (Å²) in [5.74, 6) is -0.0255. The van der Waals surface area contributed by atoms with Crippen molar-refractivity contribution in [1.29, 1.82) is 0 Å². The molecule has 1 fully saturated rings. The Morgan fingerprint density at radius 3 is 2.48 bits per heavy atom. The number of rotatable bonds is 3. The van der Waals surface area contributed by atoms with E-state index in [2.05, 4.69) is 10.5 Å². The standard InChI is InChI=1S/C19H19N3O2S/c1-12-5-8-15(9-6-12)18(24)20-21-19-22(17(23)11-25-19)16-10-13(2)4-7-14(16)3/h4-10H,11H2,1-3H3,(H,20,24)/b21-19-. The number of hydrogen-bond acceptors (Lipinski definition) is 4. The molecule has 0 radical (unpaired) electrons. The molecule has 1 aliphatic rings. The van der Waals surface area contributed by atoms with Crippen LogP contribution in [-0.2, 0) is 4.79 Å². The van der Waals surface area contributed by atoms with Crippen molar-refractivity contribution in [3.05, 3.63) is 64.7 Å². The lowest BCUT2D eigenvalue weighted by Crippen LogP contribution is -2.32. The van der Waals surface area contributed by atoms with Gasteiger partial charge in [0.25, 0.3) is 5.91 Å². The summed E-state index contributed by atoms with van der Waals surface area (Å²) in [6, 6.07) is 13.2. The second kappa shape index (κ2) is 7.11. The van der Waals surface area contributed by atoms with Crippen LogP contribution >= 0.6 is 11.8 Å². The first-order valence-electron chi connectivity index (χ1n) is 7.93. The van der Waals surface area contributed by atoms with Crippen LogP contribution in [0.25, 0.3) is 0 Å². The lowest BCUT2D eigenvalue weighted by atomic mass is 10.1. The van der Waals surface area contributed by atoms with E-state index < -0.39 is 0 Å². The van der Waals surface area contributed by atoms with Gasteiger partial charge in [0.2, 0.25) is 5.91 Å². The smallest absolute Gasteiger partial charge is 0.271 e. The Bertz CT molecular complexity index is 859. The highest BCUT2D eigenvalue weighted by molar-refractivity contribution is 8.15. The van der Waals surface area contributed by atoms with Crippen LogP contribution in [0.2, 0.25) is 0 Å². The summed E-state index contributed by atoms with van der Waals surface area (Å²) in [6.45, 7) is 5.89. The predicted octanol–water partition coefficient (Wildman–Crippen LogP) is 3.39. The minimum atomic E-state index is -0.298. The van der Waals surface area contributed by atoms with Crippen molar-refractivity contribution in [2.45, 2.75) is 20.8 Å². The van der Waals surface area contributed by atoms with E-state index in [4.69, 9.17) is 0 Å². The van der Waals surface area contributed by atoms with E-state index in [1.165, 1.54) is 11.8 Å². The minimum absolute atomic E-state index is 0.0398. The number of anilines is 1. The average Bonchev–Trinajstić information content (AvgIpc) is 2.96. The monoisotopic (exact) mass is 353 g/mol. The summed E-state index contributed by atoms with van der Waals surface area (Å²) in [4.78, 5) is 26.1. The molecule has 2 aromatic carbocycles. The van der Waals surface area contributed by atoms with Crippen LogP contribution in [-0.4, -0.2) is 22.7 Å². The van der Waals surface area contributed by atoms with Gasteiger partial charge in [-0.3, -0.25) is 14.5 Å². The van der Waals surface area contributed by atoms with Gasteiger partial charge in [0.05, 0.1) is 11.4 Å². The molecular formula is C19H19N3O2S. The Kier molecular flexibility index (Phi) is 4.90. The third kappa shape index (κ3) is 3.74. The van der Waals surface area contributed by atoms with Crippen LogP contribution in [0.15, 0.2) is 47.6 Å². The van der Waals surface area contributed by atoms with E-state index >= 15 is 0 Å². The highest BCUT2D eigenvalue weighted by Gasteiger charge is 2.31. The summed E-state index contributed by atoms with van der Waals surface area (Å²) in [6.07, 6.45) is 0. The number of carbonyl (C=O) groups is 2. The van der Waals surface area contributed by atoms with Gasteiger partial charge in [0, 0.05) is 5.56 Å². The summed E-state index contributed by atoms with van der Waals surface area (Å²) in [5, 5.41) is 4.67. The molecule has 0 spiro atoms. The molecule has 1 saturated heterocycles. The van der Waals surface area contributed by atoms with Gasteiger partial charge in [0.1, 0.15) is 0 Å². The summed E-state index contributed by atoms with van der Waals surface area (Å²) < 4.78 is 0. The fraction of sp³-hybridized carbons (Fsp3) is 0.211. The van der Waals surface area contributed by atoms with Crippen LogP contribution in [0.3, 0.4) is 0 Å². The number of aryl methyl sites for hydroxylation is 3. The molecule has 1 N–H and O–H groups in total. The third-order valence-electron chi connectivity index (χ3n) is 3.94. The minimum Gasteiger partial charge on any atom is -0.273 e. The number of amides is 2. The molecule has 0 aliphatic carbocycles. The topological polar surface area (TPSA) is 61.8 Å². The number of hydrazone groups is 1. The van der Waals surface area contributed by atoms with Crippen molar-refractivity contribution in [3.63, 3.8) is 0 Å². The van der Waals surface area contributed by atoms with Gasteiger partial charge in [-0.2, -0.15) is 0 Å². The van der Waals surface area contributed by atoms with Crippen LogP contribution in [0, 0.1) is 20.8 Å². The van der Waals surface area contributed by atoms with Crippen LogP contribution in [0.4, 0.5) is 5.69 Å². The van der Waals surface area contributed by atoms with Crippen molar-refractivity contribution < 1.29 is 9.59 Å². The lowest BCUT2D eigenvalue weighted by Gasteiger charge is -2.19. The van der Waals surface area contributed by atoms with Crippen LogP contribution < -0.4 is 10.3 Å². The molecule has 1 aliphatic heterocycles. The van der Waals surface area contributed by atoms with Gasteiger partial charge in [-0.1, -0.05) is 41.6 Å². The quantitative estimate of drug-likeness (QED) is 0.861. The van der Waals surface area contributed by atoms with Crippen molar-refractivity contribution >= 4 is 34.4 Å². The molecule has 0 atom stereocenters. The fourth-order valence-corrected chi connectivity index (χ4v) is 3.33. The number of benzene rings is 2. The van der Waals surface area contributed by atoms with Gasteiger partial charge < -0.3 is 0 Å². The van der Waals surface area contributed by atoms with E-state index in [1.807, 2.05) is 51.1 Å². The van der Waals surface area contributed by atoms with Crippen molar-refractivity contribution in [2.24, 2.45) is 5.10 Å². The maximum Gasteiger partial charge on any atom is 0.271 e. The first kappa shape index (κ1) is 17.2. The fourth-order valence-electron chi connectivity index (χ4n) is 2.51. The highest BCUT2D eigenvalue weighted by Crippen LogP contribution is 2.29. The van der Waals surface area contributed by atoms with Crippen molar-refractivity contribution in [3.8, 4) is 0 Å². The molecule has 2 amide bonds. The maximum absolute atomic E-state index is 12.3. The number of amidine groups is 1. The molecule has 0 saturated carbocycles. The summed E-state index contributed by atoms with van der Waals surface area (Å²) >= 11 is 1.32. The number of thioether (sulfide) groups is 1. The number of carbonyl (C=O) groups excluding carboxylic acids is 2. The Hall–Kier alpha value is -2.60. The third-order valence-corrected chi connectivity index (χ3v) is 4.86. The Morgan fingerprint density at radius 2 is 1.76 bits per heavy atom. The van der Waals surface area contributed by atoms with Crippen molar-refractivity contribution in [1.82, 2.24) is 5.43 Å². The summed E-state index contributed by atoms with van der Waals surface area (Å²) in [7, 11) is 0. The molecule has 6 heteroatoms. The van der Waals surface area contributed by atoms with E-state index in [9.17, 15) is 9.59 Å². The van der Waals surface area contributed by atoms with Crippen LogP contribution in [0.5, 0.6) is 0 Å². The van der Waals surface area contributed by atoms with Gasteiger partial charge in [-0.15, -0.1) is 5.10 Å². The molecular weight excluding hydrogens is 334 g/mol. The normalized spacial score (nSPS) is 15.7. The number of hydrogen-bond donors (Lipinski definition) is 1. The largest absolute Gasteiger partial charge is 0.273 e. The molecule has 25 heavy (non-hydrogen) atoms. The SMILES string of the molecule is Cc1ccc(C(=O)N/N=C2\SCC(=O)N2c2cc(C)ccc2C)cc1. The zero-order valence-electron chi connectivity index (χ0n) is 14.4. The Labute approximate surface area is 151 Å². The second-order valence-corrected chi connectivity index (χ2v) is 6.95. The lowest BCUT2D eigenvalue weighted by molar-refractivity contribution is -0.115. The molecule has 5 nitrogen and oxygen atoms in total. The molecule has 3 rings (SSSR count). The maximum atomic E-state index is 12.3. The molecule has 0 bridgehead atoms. The van der Waals surface area contributed by atoms with E-state index in [0.717, 1.165) is 22.4 Å². The number of nitrogens with one attached hydrogen (secondary N) is 1. The Balaban J connectivity index is 1.84. The van der Waals surface area contributed by atoms with E-state index in [-0.39, 0.29) is 11.8 Å². The van der Waals surface area contributed by atoms with Crippen LogP contribution in [0.1, 0.15) is 27.0 Å². The molecule has 128 valence electrons. The molecule has 1 heterocycles. The predicted molar refractivity (Wildman–Crippen MR) is 102 cm³/mol. The van der Waals surface area contributed by atoms with Crippen molar-refractivity contribution in [2.75, 3.05) is 10.7 Å². The average molecular weight is 353 g/mol. The first-order valence-corrected chi connectivity index (χ1v) is 8.92. The Morgan fingerprint density at radius 1 is 1.08 bits per heavy atom.